The summed E-state index contributed by atoms with van der Waals surface area (Å²) in [6.07, 6.45) is 0.729. The Hall–Kier alpha value is -3.28. The van der Waals surface area contributed by atoms with Crippen molar-refractivity contribution in [3.8, 4) is 22.8 Å². The minimum atomic E-state index is -0.314. The summed E-state index contributed by atoms with van der Waals surface area (Å²) in [5.74, 6) is 1.65. The molecule has 0 unspecified atom stereocenters. The number of hydrogen-bond acceptors (Lipinski definition) is 4. The first kappa shape index (κ1) is 18.1. The van der Waals surface area contributed by atoms with Crippen molar-refractivity contribution in [3.63, 3.8) is 0 Å². The molecule has 0 aliphatic carbocycles. The molecule has 144 valence electrons. The van der Waals surface area contributed by atoms with E-state index < -0.39 is 0 Å². The number of benzene rings is 2. The van der Waals surface area contributed by atoms with E-state index in [2.05, 4.69) is 0 Å². The van der Waals surface area contributed by atoms with Gasteiger partial charge in [0, 0.05) is 18.7 Å². The molecule has 0 atom stereocenters. The monoisotopic (exact) mass is 381 g/mol. The molecule has 1 aliphatic rings. The SMILES string of the molecule is COc1cc2c(cc1OC)CN(C(=O)c1ccc(-c3ccc(F)cc3)o1)CC2. The fourth-order valence-corrected chi connectivity index (χ4v) is 3.43. The van der Waals surface area contributed by atoms with Gasteiger partial charge in [-0.15, -0.1) is 0 Å². The molecule has 28 heavy (non-hydrogen) atoms. The van der Waals surface area contributed by atoms with E-state index in [1.54, 1.807) is 43.4 Å². The van der Waals surface area contributed by atoms with Crippen molar-refractivity contribution < 1.29 is 23.1 Å². The molecule has 0 N–H and O–H groups in total. The van der Waals surface area contributed by atoms with Gasteiger partial charge in [-0.3, -0.25) is 4.79 Å². The van der Waals surface area contributed by atoms with E-state index in [0.29, 0.717) is 30.3 Å². The predicted molar refractivity (Wildman–Crippen MR) is 102 cm³/mol. The standard InChI is InChI=1S/C22H20FNO4/c1-26-20-11-15-9-10-24(13-16(15)12-21(20)27-2)22(25)19-8-7-18(28-19)14-3-5-17(23)6-4-14/h3-8,11-12H,9-10,13H2,1-2H3. The molecule has 3 aromatic rings. The van der Waals surface area contributed by atoms with Crippen LogP contribution < -0.4 is 9.47 Å². The first-order valence-corrected chi connectivity index (χ1v) is 8.98. The molecule has 0 radical (unpaired) electrons. The van der Waals surface area contributed by atoms with Crippen molar-refractivity contribution in [1.82, 2.24) is 4.90 Å². The Morgan fingerprint density at radius 3 is 2.36 bits per heavy atom. The third-order valence-corrected chi connectivity index (χ3v) is 4.95. The number of carbonyl (C=O) groups excluding carboxylic acids is 1. The maximum atomic E-state index is 13.1. The molecule has 1 amide bonds. The highest BCUT2D eigenvalue weighted by atomic mass is 19.1. The minimum Gasteiger partial charge on any atom is -0.493 e. The van der Waals surface area contributed by atoms with Crippen LogP contribution in [0.4, 0.5) is 4.39 Å². The van der Waals surface area contributed by atoms with E-state index >= 15 is 0 Å². The van der Waals surface area contributed by atoms with E-state index in [1.165, 1.54) is 12.1 Å². The first-order valence-electron chi connectivity index (χ1n) is 8.98. The fraction of sp³-hybridized carbons (Fsp3) is 0.227. The first-order chi connectivity index (χ1) is 13.6. The van der Waals surface area contributed by atoms with Crippen LogP contribution in [0.2, 0.25) is 0 Å². The normalized spacial score (nSPS) is 13.2. The van der Waals surface area contributed by atoms with Gasteiger partial charge in [0.05, 0.1) is 14.2 Å². The summed E-state index contributed by atoms with van der Waals surface area (Å²) in [5, 5.41) is 0. The van der Waals surface area contributed by atoms with E-state index in [9.17, 15) is 9.18 Å². The fourth-order valence-electron chi connectivity index (χ4n) is 3.43. The molecule has 0 spiro atoms. The number of nitrogens with zero attached hydrogens (tertiary/aromatic N) is 1. The maximum absolute atomic E-state index is 13.1. The van der Waals surface area contributed by atoms with Crippen molar-refractivity contribution in [2.75, 3.05) is 20.8 Å². The molecule has 2 heterocycles. The number of ether oxygens (including phenoxy) is 2. The molecular formula is C22H20FNO4. The Balaban J connectivity index is 1.54. The maximum Gasteiger partial charge on any atom is 0.289 e. The smallest absolute Gasteiger partial charge is 0.289 e. The highest BCUT2D eigenvalue weighted by Crippen LogP contribution is 2.33. The second kappa shape index (κ2) is 7.38. The van der Waals surface area contributed by atoms with Crippen molar-refractivity contribution >= 4 is 5.91 Å². The number of fused-ring (bicyclic) bond motifs is 1. The third kappa shape index (κ3) is 3.33. The Morgan fingerprint density at radius 2 is 1.68 bits per heavy atom. The number of hydrogen-bond donors (Lipinski definition) is 0. The number of amides is 1. The van der Waals surface area contributed by atoms with Crippen LogP contribution >= 0.6 is 0 Å². The van der Waals surface area contributed by atoms with Gasteiger partial charge in [-0.25, -0.2) is 4.39 Å². The summed E-state index contributed by atoms with van der Waals surface area (Å²) in [4.78, 5) is 14.7. The summed E-state index contributed by atoms with van der Waals surface area (Å²) in [7, 11) is 3.20. The molecule has 0 saturated carbocycles. The lowest BCUT2D eigenvalue weighted by atomic mass is 9.98. The lowest BCUT2D eigenvalue weighted by Gasteiger charge is -2.29. The summed E-state index contributed by atoms with van der Waals surface area (Å²) < 4.78 is 29.6. The Bertz CT molecular complexity index is 1010. The zero-order valence-corrected chi connectivity index (χ0v) is 15.7. The van der Waals surface area contributed by atoms with Crippen molar-refractivity contribution in [3.05, 3.63) is 71.2 Å². The van der Waals surface area contributed by atoms with E-state index in [-0.39, 0.29) is 17.5 Å². The van der Waals surface area contributed by atoms with Gasteiger partial charge in [-0.2, -0.15) is 0 Å². The summed E-state index contributed by atoms with van der Waals surface area (Å²) in [6, 6.07) is 13.2. The lowest BCUT2D eigenvalue weighted by molar-refractivity contribution is 0.0703. The average molecular weight is 381 g/mol. The molecule has 0 fully saturated rings. The molecule has 4 rings (SSSR count). The molecule has 2 aromatic carbocycles. The van der Waals surface area contributed by atoms with Gasteiger partial charge in [-0.1, -0.05) is 0 Å². The van der Waals surface area contributed by atoms with Crippen LogP contribution in [-0.4, -0.2) is 31.6 Å². The predicted octanol–water partition coefficient (Wildman–Crippen LogP) is 4.30. The van der Waals surface area contributed by atoms with Crippen LogP contribution in [0.5, 0.6) is 11.5 Å². The topological polar surface area (TPSA) is 51.9 Å². The number of rotatable bonds is 4. The zero-order chi connectivity index (χ0) is 19.7. The van der Waals surface area contributed by atoms with Gasteiger partial charge in [0.2, 0.25) is 0 Å². The molecule has 1 aromatic heterocycles. The molecular weight excluding hydrogens is 361 g/mol. The molecule has 1 aliphatic heterocycles. The van der Waals surface area contributed by atoms with Gasteiger partial charge < -0.3 is 18.8 Å². The highest BCUT2D eigenvalue weighted by molar-refractivity contribution is 5.92. The van der Waals surface area contributed by atoms with Gasteiger partial charge in [0.1, 0.15) is 11.6 Å². The van der Waals surface area contributed by atoms with E-state index in [4.69, 9.17) is 13.9 Å². The van der Waals surface area contributed by atoms with Crippen molar-refractivity contribution in [1.29, 1.82) is 0 Å². The van der Waals surface area contributed by atoms with Crippen LogP contribution in [0.15, 0.2) is 52.9 Å². The zero-order valence-electron chi connectivity index (χ0n) is 15.7. The Morgan fingerprint density at radius 1 is 1.00 bits per heavy atom. The number of furan rings is 1. The van der Waals surface area contributed by atoms with Crippen LogP contribution in [-0.2, 0) is 13.0 Å². The lowest BCUT2D eigenvalue weighted by Crippen LogP contribution is -2.35. The quantitative estimate of drug-likeness (QED) is 0.676. The Labute approximate surface area is 162 Å². The van der Waals surface area contributed by atoms with Crippen LogP contribution in [0, 0.1) is 5.82 Å². The van der Waals surface area contributed by atoms with Crippen LogP contribution in [0.3, 0.4) is 0 Å². The average Bonchev–Trinajstić information content (AvgIpc) is 3.22. The van der Waals surface area contributed by atoms with Gasteiger partial charge in [0.15, 0.2) is 17.3 Å². The summed E-state index contributed by atoms with van der Waals surface area (Å²) in [6.45, 7) is 1.06. The second-order valence-electron chi connectivity index (χ2n) is 6.62. The Kier molecular flexibility index (Phi) is 4.77. The minimum absolute atomic E-state index is 0.172. The number of carbonyl (C=O) groups is 1. The molecule has 0 bridgehead atoms. The molecule has 6 heteroatoms. The van der Waals surface area contributed by atoms with Gasteiger partial charge in [0.25, 0.3) is 5.91 Å². The largest absolute Gasteiger partial charge is 0.493 e. The second-order valence-corrected chi connectivity index (χ2v) is 6.62. The van der Waals surface area contributed by atoms with Gasteiger partial charge in [-0.05, 0) is 66.1 Å². The summed E-state index contributed by atoms with van der Waals surface area (Å²) in [5.41, 5.74) is 2.90. The number of methoxy groups -OCH3 is 2. The van der Waals surface area contributed by atoms with Crippen LogP contribution in [0.25, 0.3) is 11.3 Å². The van der Waals surface area contributed by atoms with Crippen molar-refractivity contribution in [2.24, 2.45) is 0 Å². The van der Waals surface area contributed by atoms with Crippen molar-refractivity contribution in [2.45, 2.75) is 13.0 Å². The number of halogens is 1. The van der Waals surface area contributed by atoms with E-state index in [0.717, 1.165) is 23.1 Å². The van der Waals surface area contributed by atoms with Crippen LogP contribution in [0.1, 0.15) is 21.7 Å². The highest BCUT2D eigenvalue weighted by Gasteiger charge is 2.25. The summed E-state index contributed by atoms with van der Waals surface area (Å²) >= 11 is 0. The van der Waals surface area contributed by atoms with Gasteiger partial charge >= 0.3 is 0 Å². The molecule has 0 saturated heterocycles. The third-order valence-electron chi connectivity index (χ3n) is 4.95. The molecule has 5 nitrogen and oxygen atoms in total. The van der Waals surface area contributed by atoms with E-state index in [1.807, 2.05) is 12.1 Å².